The molecule has 0 aliphatic carbocycles. The van der Waals surface area contributed by atoms with Gasteiger partial charge >= 0.3 is 5.97 Å². The number of imidazole rings is 1. The van der Waals surface area contributed by atoms with Gasteiger partial charge in [-0.05, 0) is 6.92 Å². The molecular formula is C15H22N4O3. The van der Waals surface area contributed by atoms with Crippen molar-refractivity contribution in [1.82, 2.24) is 19.4 Å². The van der Waals surface area contributed by atoms with Crippen molar-refractivity contribution in [2.45, 2.75) is 26.9 Å². The zero-order valence-electron chi connectivity index (χ0n) is 13.0. The molecule has 1 aromatic rings. The van der Waals surface area contributed by atoms with E-state index in [-0.39, 0.29) is 11.8 Å². The predicted molar refractivity (Wildman–Crippen MR) is 79.0 cm³/mol. The van der Waals surface area contributed by atoms with E-state index in [1.807, 2.05) is 6.20 Å². The summed E-state index contributed by atoms with van der Waals surface area (Å²) >= 11 is 0. The molecule has 1 aromatic heterocycles. The van der Waals surface area contributed by atoms with E-state index in [1.165, 1.54) is 6.92 Å². The molecule has 120 valence electrons. The van der Waals surface area contributed by atoms with Crippen LogP contribution in [0.2, 0.25) is 0 Å². The first-order valence-electron chi connectivity index (χ1n) is 7.66. The van der Waals surface area contributed by atoms with E-state index >= 15 is 0 Å². The fourth-order valence-electron chi connectivity index (χ4n) is 3.83. The summed E-state index contributed by atoms with van der Waals surface area (Å²) in [6.45, 7) is 7.21. The number of fused-ring (bicyclic) bond motifs is 1. The van der Waals surface area contributed by atoms with E-state index in [0.29, 0.717) is 32.7 Å². The molecule has 3 rings (SSSR count). The Kier molecular flexibility index (Phi) is 3.68. The molecule has 1 N–H and O–H groups in total. The molecule has 0 bridgehead atoms. The SMILES string of the molecule is CCn1cncc1CN1C[C@@H]2CN(C(C)=O)C[C@]2(C(=O)O)C1. The zero-order chi connectivity index (χ0) is 15.9. The minimum atomic E-state index is -0.817. The molecule has 0 aromatic carbocycles. The molecule has 7 heteroatoms. The highest BCUT2D eigenvalue weighted by Gasteiger charge is 2.58. The normalized spacial score (nSPS) is 28.1. The van der Waals surface area contributed by atoms with Crippen LogP contribution in [0.3, 0.4) is 0 Å². The first-order valence-corrected chi connectivity index (χ1v) is 7.66. The molecule has 0 unspecified atom stereocenters. The lowest BCUT2D eigenvalue weighted by molar-refractivity contribution is -0.149. The van der Waals surface area contributed by atoms with Gasteiger partial charge in [-0.1, -0.05) is 0 Å². The number of aromatic nitrogens is 2. The predicted octanol–water partition coefficient (Wildman–Crippen LogP) is 0.268. The highest BCUT2D eigenvalue weighted by Crippen LogP contribution is 2.43. The van der Waals surface area contributed by atoms with Crippen molar-refractivity contribution in [2.75, 3.05) is 26.2 Å². The summed E-state index contributed by atoms with van der Waals surface area (Å²) in [6.07, 6.45) is 3.64. The van der Waals surface area contributed by atoms with Gasteiger partial charge in [0.2, 0.25) is 5.91 Å². The molecule has 2 saturated heterocycles. The number of likely N-dealkylation sites (tertiary alicyclic amines) is 2. The van der Waals surface area contributed by atoms with Crippen molar-refractivity contribution >= 4 is 11.9 Å². The number of rotatable bonds is 4. The summed E-state index contributed by atoms with van der Waals surface area (Å²) in [7, 11) is 0. The van der Waals surface area contributed by atoms with Crippen molar-refractivity contribution in [1.29, 1.82) is 0 Å². The van der Waals surface area contributed by atoms with Crippen LogP contribution in [0, 0.1) is 11.3 Å². The van der Waals surface area contributed by atoms with Crippen LogP contribution >= 0.6 is 0 Å². The number of aryl methyl sites for hydroxylation is 1. The summed E-state index contributed by atoms with van der Waals surface area (Å²) in [4.78, 5) is 31.4. The lowest BCUT2D eigenvalue weighted by Crippen LogP contribution is -2.41. The van der Waals surface area contributed by atoms with Crippen LogP contribution < -0.4 is 0 Å². The minimum Gasteiger partial charge on any atom is -0.481 e. The van der Waals surface area contributed by atoms with E-state index in [9.17, 15) is 14.7 Å². The van der Waals surface area contributed by atoms with Gasteiger partial charge in [0.25, 0.3) is 0 Å². The first-order chi connectivity index (χ1) is 10.5. The van der Waals surface area contributed by atoms with Gasteiger partial charge in [0, 0.05) is 58.3 Å². The Bertz CT molecular complexity index is 599. The zero-order valence-corrected chi connectivity index (χ0v) is 13.0. The monoisotopic (exact) mass is 306 g/mol. The van der Waals surface area contributed by atoms with Crippen molar-refractivity contribution < 1.29 is 14.7 Å². The third-order valence-corrected chi connectivity index (χ3v) is 5.08. The maximum absolute atomic E-state index is 11.9. The Morgan fingerprint density at radius 2 is 2.18 bits per heavy atom. The molecule has 0 radical (unpaired) electrons. The van der Waals surface area contributed by atoms with Gasteiger partial charge < -0.3 is 14.6 Å². The standard InChI is InChI=1S/C15H22N4O3/c1-3-18-10-16-4-13(18)7-17-5-12-6-19(11(2)20)9-15(12,8-17)14(21)22/h4,10,12H,3,5-9H2,1-2H3,(H,21,22)/t12-,15-/m1/s1. The van der Waals surface area contributed by atoms with Crippen LogP contribution in [-0.4, -0.2) is 62.5 Å². The number of carbonyl (C=O) groups excluding carboxylic acids is 1. The molecular weight excluding hydrogens is 284 g/mol. The summed E-state index contributed by atoms with van der Waals surface area (Å²) in [6, 6.07) is 0. The van der Waals surface area contributed by atoms with Gasteiger partial charge in [-0.3, -0.25) is 14.5 Å². The second-order valence-corrected chi connectivity index (χ2v) is 6.40. The maximum Gasteiger partial charge on any atom is 0.313 e. The molecule has 2 fully saturated rings. The minimum absolute atomic E-state index is 0.00639. The Hall–Kier alpha value is -1.89. The third-order valence-electron chi connectivity index (χ3n) is 5.08. The fraction of sp³-hybridized carbons (Fsp3) is 0.667. The molecule has 2 aliphatic rings. The van der Waals surface area contributed by atoms with Crippen LogP contribution in [-0.2, 0) is 22.7 Å². The average Bonchev–Trinajstić information content (AvgIpc) is 3.10. The molecule has 22 heavy (non-hydrogen) atoms. The number of carbonyl (C=O) groups is 2. The molecule has 0 spiro atoms. The van der Waals surface area contributed by atoms with Crippen molar-refractivity contribution in [3.8, 4) is 0 Å². The highest BCUT2D eigenvalue weighted by atomic mass is 16.4. The Morgan fingerprint density at radius 1 is 1.41 bits per heavy atom. The van der Waals surface area contributed by atoms with Gasteiger partial charge in [0.05, 0.1) is 12.0 Å². The number of hydrogen-bond acceptors (Lipinski definition) is 4. The summed E-state index contributed by atoms with van der Waals surface area (Å²) < 4.78 is 2.07. The second-order valence-electron chi connectivity index (χ2n) is 6.40. The van der Waals surface area contributed by atoms with Crippen LogP contribution in [0.4, 0.5) is 0 Å². The first kappa shape index (κ1) is 15.0. The maximum atomic E-state index is 11.9. The van der Waals surface area contributed by atoms with Crippen LogP contribution in [0.15, 0.2) is 12.5 Å². The third kappa shape index (κ3) is 2.29. The van der Waals surface area contributed by atoms with Gasteiger partial charge in [-0.2, -0.15) is 0 Å². The van der Waals surface area contributed by atoms with Crippen molar-refractivity contribution in [3.05, 3.63) is 18.2 Å². The van der Waals surface area contributed by atoms with Gasteiger partial charge in [0.1, 0.15) is 5.41 Å². The molecule has 7 nitrogen and oxygen atoms in total. The summed E-state index contributed by atoms with van der Waals surface area (Å²) in [5.41, 5.74) is 0.286. The number of carboxylic acids is 1. The molecule has 3 heterocycles. The van der Waals surface area contributed by atoms with E-state index in [4.69, 9.17) is 0 Å². The smallest absolute Gasteiger partial charge is 0.313 e. The lowest BCUT2D eigenvalue weighted by atomic mass is 9.81. The number of carboxylic acid groups (broad SMARTS) is 1. The van der Waals surface area contributed by atoms with Crippen LogP contribution in [0.5, 0.6) is 0 Å². The highest BCUT2D eigenvalue weighted by molar-refractivity contribution is 5.80. The fourth-order valence-corrected chi connectivity index (χ4v) is 3.83. The Morgan fingerprint density at radius 3 is 2.77 bits per heavy atom. The largest absolute Gasteiger partial charge is 0.481 e. The van der Waals surface area contributed by atoms with Crippen molar-refractivity contribution in [3.63, 3.8) is 0 Å². The van der Waals surface area contributed by atoms with Crippen molar-refractivity contribution in [2.24, 2.45) is 11.3 Å². The lowest BCUT2D eigenvalue weighted by Gasteiger charge is -2.25. The van der Waals surface area contributed by atoms with Crippen LogP contribution in [0.1, 0.15) is 19.5 Å². The molecule has 2 atom stereocenters. The van der Waals surface area contributed by atoms with E-state index in [1.54, 1.807) is 11.2 Å². The van der Waals surface area contributed by atoms with E-state index in [0.717, 1.165) is 12.2 Å². The quantitative estimate of drug-likeness (QED) is 0.864. The van der Waals surface area contributed by atoms with Crippen LogP contribution in [0.25, 0.3) is 0 Å². The number of nitrogens with zero attached hydrogens (tertiary/aromatic N) is 4. The Balaban J connectivity index is 1.76. The summed E-state index contributed by atoms with van der Waals surface area (Å²) in [5.74, 6) is -0.815. The topological polar surface area (TPSA) is 78.7 Å². The number of hydrogen-bond donors (Lipinski definition) is 1. The number of aliphatic carboxylic acids is 1. The second kappa shape index (κ2) is 5.39. The Labute approximate surface area is 129 Å². The van der Waals surface area contributed by atoms with Gasteiger partial charge in [-0.25, -0.2) is 4.98 Å². The molecule has 0 saturated carbocycles. The van der Waals surface area contributed by atoms with E-state index < -0.39 is 11.4 Å². The average molecular weight is 306 g/mol. The summed E-state index contributed by atoms with van der Waals surface area (Å²) in [5, 5.41) is 9.74. The molecule has 1 amide bonds. The number of amides is 1. The van der Waals surface area contributed by atoms with Gasteiger partial charge in [0.15, 0.2) is 0 Å². The molecule has 2 aliphatic heterocycles. The van der Waals surface area contributed by atoms with Gasteiger partial charge in [-0.15, -0.1) is 0 Å². The van der Waals surface area contributed by atoms with E-state index in [2.05, 4.69) is 21.4 Å².